The molecule has 62 heavy (non-hydrogen) atoms. The van der Waals surface area contributed by atoms with Crippen molar-refractivity contribution in [1.82, 2.24) is 19.5 Å². The van der Waals surface area contributed by atoms with Crippen molar-refractivity contribution in [1.29, 1.82) is 0 Å². The molecule has 0 saturated carbocycles. The van der Waals surface area contributed by atoms with Gasteiger partial charge < -0.3 is 9.47 Å². The molecular formula is C57H39N5. The number of aromatic nitrogens is 4. The van der Waals surface area contributed by atoms with Crippen molar-refractivity contribution in [3.63, 3.8) is 0 Å². The maximum Gasteiger partial charge on any atom is 0.164 e. The molecule has 0 unspecified atom stereocenters. The van der Waals surface area contributed by atoms with E-state index in [-0.39, 0.29) is 0 Å². The number of hydrogen-bond donors (Lipinski definition) is 0. The zero-order valence-electron chi connectivity index (χ0n) is 33.8. The predicted octanol–water partition coefficient (Wildman–Crippen LogP) is 14.8. The van der Waals surface area contributed by atoms with E-state index in [2.05, 4.69) is 185 Å². The molecule has 0 aliphatic carbocycles. The Labute approximate surface area is 360 Å². The molecule has 11 rings (SSSR count). The van der Waals surface area contributed by atoms with Crippen LogP contribution in [0.3, 0.4) is 0 Å². The Hall–Kier alpha value is -8.41. The Morgan fingerprint density at radius 2 is 0.710 bits per heavy atom. The molecule has 0 atom stereocenters. The smallest absolute Gasteiger partial charge is 0.164 e. The van der Waals surface area contributed by atoms with Crippen molar-refractivity contribution in [2.45, 2.75) is 0 Å². The molecule has 11 aromatic rings. The molecule has 0 fully saturated rings. The van der Waals surface area contributed by atoms with Crippen LogP contribution in [0.1, 0.15) is 0 Å². The Morgan fingerprint density at radius 3 is 1.31 bits per heavy atom. The molecule has 292 valence electrons. The zero-order valence-corrected chi connectivity index (χ0v) is 33.8. The predicted molar refractivity (Wildman–Crippen MR) is 256 cm³/mol. The highest BCUT2D eigenvalue weighted by Crippen LogP contribution is 2.40. The van der Waals surface area contributed by atoms with Gasteiger partial charge in [-0.25, -0.2) is 15.0 Å². The van der Waals surface area contributed by atoms with E-state index in [4.69, 9.17) is 15.0 Å². The fourth-order valence-electron chi connectivity index (χ4n) is 8.41. The highest BCUT2D eigenvalue weighted by molar-refractivity contribution is 6.10. The van der Waals surface area contributed by atoms with Crippen LogP contribution in [0.4, 0.5) is 17.1 Å². The molecule has 0 aliphatic heterocycles. The average Bonchev–Trinajstić information content (AvgIpc) is 3.69. The van der Waals surface area contributed by atoms with Crippen LogP contribution < -0.4 is 4.90 Å². The molecule has 0 bridgehead atoms. The normalized spacial score (nSPS) is 11.2. The van der Waals surface area contributed by atoms with E-state index in [1.54, 1.807) is 0 Å². The minimum Gasteiger partial charge on any atom is -0.310 e. The second-order valence-corrected chi connectivity index (χ2v) is 15.3. The molecule has 0 spiro atoms. The van der Waals surface area contributed by atoms with Gasteiger partial charge in [-0.15, -0.1) is 0 Å². The van der Waals surface area contributed by atoms with Gasteiger partial charge in [0.1, 0.15) is 0 Å². The highest BCUT2D eigenvalue weighted by atomic mass is 15.1. The number of para-hydroxylation sites is 2. The molecule has 5 nitrogen and oxygen atoms in total. The quantitative estimate of drug-likeness (QED) is 0.146. The van der Waals surface area contributed by atoms with Gasteiger partial charge in [-0.1, -0.05) is 170 Å². The van der Waals surface area contributed by atoms with Crippen molar-refractivity contribution in [3.05, 3.63) is 237 Å². The van der Waals surface area contributed by atoms with Gasteiger partial charge >= 0.3 is 0 Å². The summed E-state index contributed by atoms with van der Waals surface area (Å²) >= 11 is 0. The van der Waals surface area contributed by atoms with E-state index >= 15 is 0 Å². The number of nitrogens with zero attached hydrogens (tertiary/aromatic N) is 5. The Morgan fingerprint density at radius 1 is 0.274 bits per heavy atom. The monoisotopic (exact) mass is 793 g/mol. The molecule has 2 heterocycles. The molecular weight excluding hydrogens is 755 g/mol. The highest BCUT2D eigenvalue weighted by Gasteiger charge is 2.18. The van der Waals surface area contributed by atoms with Gasteiger partial charge in [0.25, 0.3) is 0 Å². The molecule has 2 aromatic heterocycles. The van der Waals surface area contributed by atoms with Crippen molar-refractivity contribution >= 4 is 38.9 Å². The number of rotatable bonds is 9. The minimum absolute atomic E-state index is 0.610. The van der Waals surface area contributed by atoms with Gasteiger partial charge in [-0.05, 0) is 89.0 Å². The molecule has 9 aromatic carbocycles. The van der Waals surface area contributed by atoms with Crippen molar-refractivity contribution in [2.75, 3.05) is 4.90 Å². The summed E-state index contributed by atoms with van der Waals surface area (Å²) in [6.45, 7) is 0. The van der Waals surface area contributed by atoms with Gasteiger partial charge in [0.15, 0.2) is 17.5 Å². The lowest BCUT2D eigenvalue weighted by atomic mass is 10.0. The molecule has 0 radical (unpaired) electrons. The maximum atomic E-state index is 5.05. The Bertz CT molecular complexity index is 3250. The van der Waals surface area contributed by atoms with E-state index < -0.39 is 0 Å². The first kappa shape index (κ1) is 36.7. The summed E-state index contributed by atoms with van der Waals surface area (Å²) in [7, 11) is 0. The second-order valence-electron chi connectivity index (χ2n) is 15.3. The lowest BCUT2D eigenvalue weighted by Gasteiger charge is -2.26. The maximum absolute atomic E-state index is 5.05. The summed E-state index contributed by atoms with van der Waals surface area (Å²) in [5, 5.41) is 2.46. The third kappa shape index (κ3) is 6.97. The molecule has 0 saturated heterocycles. The summed E-state index contributed by atoms with van der Waals surface area (Å²) in [6.07, 6.45) is 0. The lowest BCUT2D eigenvalue weighted by molar-refractivity contribution is 1.07. The van der Waals surface area contributed by atoms with Crippen LogP contribution in [-0.2, 0) is 0 Å². The Balaban J connectivity index is 1.01. The summed E-state index contributed by atoms with van der Waals surface area (Å²) in [4.78, 5) is 17.3. The summed E-state index contributed by atoms with van der Waals surface area (Å²) in [5.41, 5.74) is 14.0. The summed E-state index contributed by atoms with van der Waals surface area (Å²) < 4.78 is 2.36. The number of fused-ring (bicyclic) bond motifs is 3. The van der Waals surface area contributed by atoms with Crippen LogP contribution >= 0.6 is 0 Å². The van der Waals surface area contributed by atoms with Crippen molar-refractivity contribution in [3.8, 4) is 62.1 Å². The van der Waals surface area contributed by atoms with Crippen LogP contribution in [0, 0.1) is 0 Å². The van der Waals surface area contributed by atoms with Gasteiger partial charge in [-0.3, -0.25) is 0 Å². The van der Waals surface area contributed by atoms with E-state index in [1.807, 2.05) is 60.7 Å². The van der Waals surface area contributed by atoms with Gasteiger partial charge in [-0.2, -0.15) is 0 Å². The van der Waals surface area contributed by atoms with E-state index in [1.165, 1.54) is 32.9 Å². The first-order chi connectivity index (χ1) is 30.7. The number of anilines is 3. The Kier molecular flexibility index (Phi) is 9.45. The van der Waals surface area contributed by atoms with Crippen LogP contribution in [0.2, 0.25) is 0 Å². The van der Waals surface area contributed by atoms with E-state index in [9.17, 15) is 0 Å². The van der Waals surface area contributed by atoms with Gasteiger partial charge in [0, 0.05) is 50.2 Å². The number of benzene rings is 9. The molecule has 0 N–H and O–H groups in total. The molecule has 5 heteroatoms. The first-order valence-corrected chi connectivity index (χ1v) is 20.9. The first-order valence-electron chi connectivity index (χ1n) is 20.9. The standard InChI is InChI=1S/C57H39N5/c1-5-16-40(17-6-1)41-28-33-48(34-29-41)61(50-25-15-22-46(38-50)57-59-55(43-18-7-2-8-19-43)58-56(60-57)44-20-9-3-10-21-44)49-35-30-42(31-36-49)45-32-37-54-52(39-45)51-26-13-14-27-53(51)62(54)47-23-11-4-12-24-47/h1-39H. The largest absolute Gasteiger partial charge is 0.310 e. The number of hydrogen-bond acceptors (Lipinski definition) is 4. The third-order valence-electron chi connectivity index (χ3n) is 11.4. The summed E-state index contributed by atoms with van der Waals surface area (Å²) in [6, 6.07) is 83.0. The second kappa shape index (κ2) is 16.0. The lowest BCUT2D eigenvalue weighted by Crippen LogP contribution is -2.10. The zero-order chi connectivity index (χ0) is 41.2. The fourth-order valence-corrected chi connectivity index (χ4v) is 8.41. The van der Waals surface area contributed by atoms with Crippen molar-refractivity contribution in [2.24, 2.45) is 0 Å². The van der Waals surface area contributed by atoms with E-state index in [0.29, 0.717) is 17.5 Å². The minimum atomic E-state index is 0.610. The average molecular weight is 794 g/mol. The fraction of sp³-hybridized carbons (Fsp3) is 0. The van der Waals surface area contributed by atoms with Crippen LogP contribution in [-0.4, -0.2) is 19.5 Å². The SMILES string of the molecule is c1ccc(-c2ccc(N(c3ccc(-c4ccc5c(c4)c4ccccc4n5-c4ccccc4)cc3)c3cccc(-c4nc(-c5ccccc5)nc(-c5ccccc5)n4)c3)cc2)cc1. The van der Waals surface area contributed by atoms with Gasteiger partial charge in [0.05, 0.1) is 11.0 Å². The van der Waals surface area contributed by atoms with Gasteiger partial charge in [0.2, 0.25) is 0 Å². The van der Waals surface area contributed by atoms with Crippen LogP contribution in [0.15, 0.2) is 237 Å². The van der Waals surface area contributed by atoms with Crippen LogP contribution in [0.5, 0.6) is 0 Å². The molecule has 0 amide bonds. The van der Waals surface area contributed by atoms with Crippen molar-refractivity contribution < 1.29 is 0 Å². The van der Waals surface area contributed by atoms with Crippen LogP contribution in [0.25, 0.3) is 83.9 Å². The van der Waals surface area contributed by atoms with E-state index in [0.717, 1.165) is 50.6 Å². The topological polar surface area (TPSA) is 46.8 Å². The third-order valence-corrected chi connectivity index (χ3v) is 11.4. The summed E-state index contributed by atoms with van der Waals surface area (Å²) in [5.74, 6) is 1.87. The molecule has 0 aliphatic rings.